The second kappa shape index (κ2) is 6.01. The average molecular weight is 332 g/mol. The highest BCUT2D eigenvalue weighted by Crippen LogP contribution is 2.21. The largest absolute Gasteiger partial charge is 0.409 e. The smallest absolute Gasteiger partial charge is 0.256 e. The van der Waals surface area contributed by atoms with Gasteiger partial charge in [-0.25, -0.2) is 4.39 Å². The normalized spacial score (nSPS) is 14.8. The van der Waals surface area contributed by atoms with Crippen LogP contribution in [0, 0.1) is 5.82 Å². The van der Waals surface area contributed by atoms with Gasteiger partial charge in [0.1, 0.15) is 5.82 Å². The summed E-state index contributed by atoms with van der Waals surface area (Å²) < 4.78 is 14.0. The van der Waals surface area contributed by atoms with Crippen LogP contribution in [0.3, 0.4) is 0 Å². The molecule has 0 aliphatic heterocycles. The summed E-state index contributed by atoms with van der Waals surface area (Å²) in [5.74, 6) is -1.43. The van der Waals surface area contributed by atoms with Crippen molar-refractivity contribution in [2.24, 2.45) is 10.9 Å². The molecular weight excluding hydrogens is 317 g/mol. The van der Waals surface area contributed by atoms with Gasteiger partial charge in [-0.3, -0.25) is 4.79 Å². The Morgan fingerprint density at radius 2 is 2.26 bits per heavy atom. The summed E-state index contributed by atoms with van der Waals surface area (Å²) in [7, 11) is 0. The molecule has 0 aromatic heterocycles. The monoisotopic (exact) mass is 331 g/mol. The number of hydrogen-bond donors (Lipinski definition) is 3. The number of hydrogen-bond acceptors (Lipinski definition) is 3. The van der Waals surface area contributed by atoms with Crippen LogP contribution in [0.5, 0.6) is 0 Å². The van der Waals surface area contributed by atoms with Gasteiger partial charge in [-0.05, 0) is 41.4 Å². The molecule has 1 amide bonds. The maximum atomic E-state index is 13.7. The lowest BCUT2D eigenvalue weighted by molar-refractivity contribution is 0.0920. The first-order valence-electron chi connectivity index (χ1n) is 5.60. The molecule has 0 saturated heterocycles. The molecule has 0 radical (unpaired) electrons. The molecule has 1 rings (SSSR count). The third kappa shape index (κ3) is 3.23. The summed E-state index contributed by atoms with van der Waals surface area (Å²) in [5, 5.41) is 14.2. The van der Waals surface area contributed by atoms with Gasteiger partial charge >= 0.3 is 0 Å². The van der Waals surface area contributed by atoms with Gasteiger partial charge in [0.2, 0.25) is 0 Å². The van der Waals surface area contributed by atoms with E-state index in [4.69, 9.17) is 10.9 Å². The van der Waals surface area contributed by atoms with E-state index in [9.17, 15) is 9.18 Å². The third-order valence-corrected chi connectivity index (χ3v) is 3.62. The zero-order valence-electron chi connectivity index (χ0n) is 10.6. The van der Waals surface area contributed by atoms with Crippen LogP contribution >= 0.6 is 15.9 Å². The van der Waals surface area contributed by atoms with Crippen molar-refractivity contribution in [2.75, 3.05) is 0 Å². The van der Waals surface area contributed by atoms with Gasteiger partial charge in [-0.15, -0.1) is 0 Å². The predicted molar refractivity (Wildman–Crippen MR) is 73.7 cm³/mol. The standard InChI is InChI=1S/C12H15BrFN3O2/c1-3-12(2,11(15)17-19)16-10(18)9-7(13)5-4-6-8(9)14/h4-6,19H,3H2,1-2H3,(H2,15,17)(H,16,18). The van der Waals surface area contributed by atoms with E-state index in [1.54, 1.807) is 19.9 Å². The summed E-state index contributed by atoms with van der Waals surface area (Å²) in [6.07, 6.45) is 0.390. The third-order valence-electron chi connectivity index (χ3n) is 2.96. The van der Waals surface area contributed by atoms with Gasteiger partial charge in [0, 0.05) is 4.47 Å². The summed E-state index contributed by atoms with van der Waals surface area (Å²) in [6, 6.07) is 4.23. The highest BCUT2D eigenvalue weighted by atomic mass is 79.9. The SMILES string of the molecule is CCC(C)(NC(=O)c1c(F)cccc1Br)/C(N)=N/O. The number of benzene rings is 1. The lowest BCUT2D eigenvalue weighted by Crippen LogP contribution is -2.55. The molecule has 19 heavy (non-hydrogen) atoms. The van der Waals surface area contributed by atoms with Crippen LogP contribution in [0.2, 0.25) is 0 Å². The minimum Gasteiger partial charge on any atom is -0.409 e. The molecule has 0 aliphatic carbocycles. The second-order valence-electron chi connectivity index (χ2n) is 4.22. The zero-order valence-corrected chi connectivity index (χ0v) is 12.2. The molecule has 7 heteroatoms. The molecular formula is C12H15BrFN3O2. The van der Waals surface area contributed by atoms with E-state index < -0.39 is 17.3 Å². The molecule has 0 bridgehead atoms. The van der Waals surface area contributed by atoms with Crippen molar-refractivity contribution in [2.45, 2.75) is 25.8 Å². The summed E-state index contributed by atoms with van der Waals surface area (Å²) in [5.41, 5.74) is 4.38. The molecule has 1 unspecified atom stereocenters. The first-order chi connectivity index (χ1) is 8.85. The van der Waals surface area contributed by atoms with Crippen molar-refractivity contribution < 1.29 is 14.4 Å². The number of carbonyl (C=O) groups is 1. The van der Waals surface area contributed by atoms with Gasteiger partial charge in [0.15, 0.2) is 5.84 Å². The number of amides is 1. The minimum absolute atomic E-state index is 0.118. The van der Waals surface area contributed by atoms with Crippen LogP contribution in [-0.2, 0) is 0 Å². The van der Waals surface area contributed by atoms with Crippen molar-refractivity contribution in [1.82, 2.24) is 5.32 Å². The van der Waals surface area contributed by atoms with Gasteiger partial charge in [0.05, 0.1) is 11.1 Å². The Bertz CT molecular complexity index is 501. The fraction of sp³-hybridized carbons (Fsp3) is 0.333. The van der Waals surface area contributed by atoms with Gasteiger partial charge in [-0.2, -0.15) is 0 Å². The number of rotatable bonds is 4. The van der Waals surface area contributed by atoms with E-state index in [0.29, 0.717) is 10.9 Å². The van der Waals surface area contributed by atoms with E-state index >= 15 is 0 Å². The second-order valence-corrected chi connectivity index (χ2v) is 5.08. The Balaban J connectivity index is 3.09. The van der Waals surface area contributed by atoms with Crippen molar-refractivity contribution in [1.29, 1.82) is 0 Å². The number of oxime groups is 1. The van der Waals surface area contributed by atoms with Crippen molar-refractivity contribution >= 4 is 27.7 Å². The molecule has 1 aromatic rings. The molecule has 1 aromatic carbocycles. The molecule has 4 N–H and O–H groups in total. The number of nitrogens with one attached hydrogen (secondary N) is 1. The van der Waals surface area contributed by atoms with Gasteiger partial charge in [0.25, 0.3) is 5.91 Å². The molecule has 0 spiro atoms. The van der Waals surface area contributed by atoms with Crippen LogP contribution in [0.1, 0.15) is 30.6 Å². The fourth-order valence-corrected chi connectivity index (χ4v) is 1.99. The molecule has 104 valence electrons. The minimum atomic E-state index is -1.05. The first kappa shape index (κ1) is 15.4. The Morgan fingerprint density at radius 3 is 2.74 bits per heavy atom. The van der Waals surface area contributed by atoms with Gasteiger partial charge in [-0.1, -0.05) is 18.1 Å². The quantitative estimate of drug-likeness (QED) is 0.342. The van der Waals surface area contributed by atoms with Crippen LogP contribution in [-0.4, -0.2) is 22.5 Å². The first-order valence-corrected chi connectivity index (χ1v) is 6.39. The van der Waals surface area contributed by atoms with E-state index in [1.807, 2.05) is 0 Å². The predicted octanol–water partition coefficient (Wildman–Crippen LogP) is 2.23. The molecule has 0 heterocycles. The number of carbonyl (C=O) groups excluding carboxylic acids is 1. The lowest BCUT2D eigenvalue weighted by Gasteiger charge is -2.28. The molecule has 1 atom stereocenters. The van der Waals surface area contributed by atoms with E-state index in [2.05, 4.69) is 26.4 Å². The Hall–Kier alpha value is -1.63. The number of halogens is 2. The number of nitrogens with zero attached hydrogens (tertiary/aromatic N) is 1. The summed E-state index contributed by atoms with van der Waals surface area (Å²) in [4.78, 5) is 12.1. The molecule has 0 aliphatic rings. The van der Waals surface area contributed by atoms with Gasteiger partial charge < -0.3 is 16.3 Å². The highest BCUT2D eigenvalue weighted by Gasteiger charge is 2.31. The summed E-state index contributed by atoms with van der Waals surface area (Å²) >= 11 is 3.12. The zero-order chi connectivity index (χ0) is 14.6. The van der Waals surface area contributed by atoms with E-state index in [1.165, 1.54) is 12.1 Å². The highest BCUT2D eigenvalue weighted by molar-refractivity contribution is 9.10. The van der Waals surface area contributed by atoms with E-state index in [-0.39, 0.29) is 11.4 Å². The van der Waals surface area contributed by atoms with Crippen LogP contribution in [0.4, 0.5) is 4.39 Å². The molecule has 0 saturated carbocycles. The van der Waals surface area contributed by atoms with Crippen LogP contribution in [0.25, 0.3) is 0 Å². The Morgan fingerprint density at radius 1 is 1.63 bits per heavy atom. The van der Waals surface area contributed by atoms with Crippen LogP contribution < -0.4 is 11.1 Å². The maximum Gasteiger partial charge on any atom is 0.256 e. The Kier molecular flexibility index (Phi) is 4.88. The fourth-order valence-electron chi connectivity index (χ4n) is 1.47. The maximum absolute atomic E-state index is 13.7. The van der Waals surface area contributed by atoms with Crippen molar-refractivity contribution in [3.8, 4) is 0 Å². The number of nitrogens with two attached hydrogens (primary N) is 1. The van der Waals surface area contributed by atoms with Crippen molar-refractivity contribution in [3.05, 3.63) is 34.1 Å². The van der Waals surface area contributed by atoms with E-state index in [0.717, 1.165) is 0 Å². The average Bonchev–Trinajstić information content (AvgIpc) is 2.37. The molecule has 0 fully saturated rings. The lowest BCUT2D eigenvalue weighted by atomic mass is 9.97. The Labute approximate surface area is 118 Å². The van der Waals surface area contributed by atoms with Crippen LogP contribution in [0.15, 0.2) is 27.8 Å². The van der Waals surface area contributed by atoms with Crippen molar-refractivity contribution in [3.63, 3.8) is 0 Å². The number of amidine groups is 1. The topological polar surface area (TPSA) is 87.7 Å². The molecule has 5 nitrogen and oxygen atoms in total. The summed E-state index contributed by atoms with van der Waals surface area (Å²) in [6.45, 7) is 3.35.